The predicted octanol–water partition coefficient (Wildman–Crippen LogP) is 6.04. The van der Waals surface area contributed by atoms with E-state index in [1.54, 1.807) is 0 Å². The first-order chi connectivity index (χ1) is 14.8. The molecule has 0 saturated heterocycles. The molecule has 0 bridgehead atoms. The minimum Gasteiger partial charge on any atom is -0.486 e. The molecule has 0 saturated carbocycles. The van der Waals surface area contributed by atoms with Gasteiger partial charge in [-0.1, -0.05) is 58.8 Å². The summed E-state index contributed by atoms with van der Waals surface area (Å²) in [5.41, 5.74) is 2.64. The molecule has 146 valence electrons. The maximum absolute atomic E-state index is 8.59. The molecular weight excluding hydrogens is 376 g/mol. The van der Waals surface area contributed by atoms with Crippen LogP contribution in [0.2, 0.25) is 0 Å². The molecule has 5 aromatic rings. The fourth-order valence-electron chi connectivity index (χ4n) is 3.66. The molecule has 1 heterocycles. The van der Waals surface area contributed by atoms with Crippen LogP contribution in [0.15, 0.2) is 94.6 Å². The zero-order valence-electron chi connectivity index (χ0n) is 16.0. The lowest BCUT2D eigenvalue weighted by Gasteiger charge is -2.09. The van der Waals surface area contributed by atoms with E-state index in [9.17, 15) is 0 Å². The Bertz CT molecular complexity index is 1300. The van der Waals surface area contributed by atoms with Crippen LogP contribution < -0.4 is 4.74 Å². The third-order valence-corrected chi connectivity index (χ3v) is 5.05. The van der Waals surface area contributed by atoms with Crippen LogP contribution in [0.5, 0.6) is 5.75 Å². The monoisotopic (exact) mass is 394 g/mol. The van der Waals surface area contributed by atoms with E-state index in [0.717, 1.165) is 27.6 Å². The molecular formula is C25H18N2O3. The fraction of sp³-hybridized carbons (Fsp3) is 0.0400. The van der Waals surface area contributed by atoms with E-state index < -0.39 is 0 Å². The van der Waals surface area contributed by atoms with E-state index in [4.69, 9.17) is 14.5 Å². The molecule has 4 aromatic carbocycles. The lowest BCUT2D eigenvalue weighted by atomic mass is 9.95. The van der Waals surface area contributed by atoms with Gasteiger partial charge in [-0.05, 0) is 57.4 Å². The van der Waals surface area contributed by atoms with Gasteiger partial charge in [0, 0.05) is 11.6 Å². The van der Waals surface area contributed by atoms with Crippen LogP contribution in [0, 0.1) is 0 Å². The molecule has 0 unspecified atom stereocenters. The van der Waals surface area contributed by atoms with Crippen molar-refractivity contribution in [2.75, 3.05) is 0 Å². The molecule has 1 aromatic heterocycles. The normalized spacial score (nSPS) is 11.5. The first-order valence-corrected chi connectivity index (χ1v) is 9.58. The molecule has 0 aliphatic heterocycles. The molecule has 0 radical (unpaired) electrons. The topological polar surface area (TPSA) is 67.9 Å². The van der Waals surface area contributed by atoms with Crippen molar-refractivity contribution >= 4 is 27.8 Å². The van der Waals surface area contributed by atoms with Crippen molar-refractivity contribution in [3.05, 3.63) is 96.3 Å². The van der Waals surface area contributed by atoms with E-state index in [-0.39, 0.29) is 6.61 Å². The average Bonchev–Trinajstić information content (AvgIpc) is 3.26. The number of nitrogens with zero attached hydrogens (tertiary/aromatic N) is 2. The summed E-state index contributed by atoms with van der Waals surface area (Å²) in [6, 6.07) is 28.0. The van der Waals surface area contributed by atoms with E-state index in [1.165, 1.54) is 17.0 Å². The Kier molecular flexibility index (Phi) is 4.62. The number of oxime groups is 1. The van der Waals surface area contributed by atoms with Gasteiger partial charge < -0.3 is 14.5 Å². The van der Waals surface area contributed by atoms with Crippen LogP contribution in [0.25, 0.3) is 32.8 Å². The van der Waals surface area contributed by atoms with Gasteiger partial charge in [-0.15, -0.1) is 0 Å². The van der Waals surface area contributed by atoms with Crippen LogP contribution in [-0.2, 0) is 6.61 Å². The van der Waals surface area contributed by atoms with Crippen molar-refractivity contribution in [2.24, 2.45) is 5.16 Å². The maximum atomic E-state index is 8.59. The molecule has 5 rings (SSSR count). The minimum absolute atomic E-state index is 0.267. The number of benzene rings is 4. The van der Waals surface area contributed by atoms with E-state index in [1.807, 2.05) is 54.6 Å². The van der Waals surface area contributed by atoms with Gasteiger partial charge >= 0.3 is 0 Å². The standard InChI is InChI=1S/C25H18N2O3/c28-26-15-17-9-11-20(12-10-17)29-16-21-14-24(27-30-21)25-22-7-3-1-5-18(22)13-19-6-2-4-8-23(19)25/h1-15,28H,16H2. The quantitative estimate of drug-likeness (QED) is 0.171. The molecule has 0 fully saturated rings. The first-order valence-electron chi connectivity index (χ1n) is 9.58. The first kappa shape index (κ1) is 17.9. The Balaban J connectivity index is 1.47. The fourth-order valence-corrected chi connectivity index (χ4v) is 3.66. The second-order valence-electron chi connectivity index (χ2n) is 6.97. The van der Waals surface area contributed by atoms with E-state index in [0.29, 0.717) is 11.5 Å². The number of hydrogen-bond acceptors (Lipinski definition) is 5. The molecule has 0 atom stereocenters. The van der Waals surface area contributed by atoms with Crippen LogP contribution in [0.1, 0.15) is 11.3 Å². The summed E-state index contributed by atoms with van der Waals surface area (Å²) >= 11 is 0. The Labute approximate surface area is 172 Å². The average molecular weight is 394 g/mol. The highest BCUT2D eigenvalue weighted by Gasteiger charge is 2.14. The molecule has 5 nitrogen and oxygen atoms in total. The Morgan fingerprint density at radius 2 is 1.53 bits per heavy atom. The summed E-state index contributed by atoms with van der Waals surface area (Å²) in [6.45, 7) is 0.267. The van der Waals surface area contributed by atoms with Gasteiger partial charge in [0.25, 0.3) is 0 Å². The van der Waals surface area contributed by atoms with Crippen LogP contribution in [0.3, 0.4) is 0 Å². The Hall–Kier alpha value is -4.12. The molecule has 1 N–H and O–H groups in total. The second-order valence-corrected chi connectivity index (χ2v) is 6.97. The second kappa shape index (κ2) is 7.72. The summed E-state index contributed by atoms with van der Waals surface area (Å²) < 4.78 is 11.4. The smallest absolute Gasteiger partial charge is 0.174 e. The van der Waals surface area contributed by atoms with Gasteiger partial charge in [-0.3, -0.25) is 0 Å². The van der Waals surface area contributed by atoms with Gasteiger partial charge in [-0.25, -0.2) is 0 Å². The van der Waals surface area contributed by atoms with Crippen LogP contribution >= 0.6 is 0 Å². The molecule has 0 aliphatic rings. The molecule has 30 heavy (non-hydrogen) atoms. The summed E-state index contributed by atoms with van der Waals surface area (Å²) in [4.78, 5) is 0. The summed E-state index contributed by atoms with van der Waals surface area (Å²) in [7, 11) is 0. The van der Waals surface area contributed by atoms with Crippen molar-refractivity contribution in [1.82, 2.24) is 5.16 Å². The largest absolute Gasteiger partial charge is 0.486 e. The highest BCUT2D eigenvalue weighted by atomic mass is 16.5. The maximum Gasteiger partial charge on any atom is 0.174 e. The van der Waals surface area contributed by atoms with Crippen molar-refractivity contribution in [1.29, 1.82) is 0 Å². The van der Waals surface area contributed by atoms with Crippen molar-refractivity contribution in [3.63, 3.8) is 0 Å². The van der Waals surface area contributed by atoms with Crippen LogP contribution in [-0.4, -0.2) is 16.6 Å². The lowest BCUT2D eigenvalue weighted by molar-refractivity contribution is 0.249. The Morgan fingerprint density at radius 3 is 2.20 bits per heavy atom. The third kappa shape index (κ3) is 3.37. The van der Waals surface area contributed by atoms with Gasteiger partial charge in [0.05, 0.1) is 6.21 Å². The minimum atomic E-state index is 0.267. The van der Waals surface area contributed by atoms with Gasteiger partial charge in [0.1, 0.15) is 18.1 Å². The van der Waals surface area contributed by atoms with Crippen molar-refractivity contribution in [3.8, 4) is 17.0 Å². The van der Waals surface area contributed by atoms with Crippen LogP contribution in [0.4, 0.5) is 0 Å². The molecule has 0 amide bonds. The number of aromatic nitrogens is 1. The molecule has 0 aliphatic carbocycles. The number of ether oxygens (including phenoxy) is 1. The molecule has 0 spiro atoms. The third-order valence-electron chi connectivity index (χ3n) is 5.05. The molecule has 5 heteroatoms. The Morgan fingerprint density at radius 1 is 0.867 bits per heavy atom. The van der Waals surface area contributed by atoms with E-state index in [2.05, 4.69) is 40.6 Å². The summed E-state index contributed by atoms with van der Waals surface area (Å²) in [6.07, 6.45) is 1.36. The zero-order valence-corrected chi connectivity index (χ0v) is 16.0. The summed E-state index contributed by atoms with van der Waals surface area (Å²) in [5.74, 6) is 1.33. The number of rotatable bonds is 5. The number of fused-ring (bicyclic) bond motifs is 2. The van der Waals surface area contributed by atoms with Crippen molar-refractivity contribution in [2.45, 2.75) is 6.61 Å². The van der Waals surface area contributed by atoms with Gasteiger partial charge in [-0.2, -0.15) is 0 Å². The van der Waals surface area contributed by atoms with Crippen molar-refractivity contribution < 1.29 is 14.5 Å². The highest BCUT2D eigenvalue weighted by molar-refractivity contribution is 6.11. The SMILES string of the molecule is ON=Cc1ccc(OCc2cc(-c3c4ccccc4cc4ccccc34)no2)cc1. The van der Waals surface area contributed by atoms with Gasteiger partial charge in [0.2, 0.25) is 0 Å². The lowest BCUT2D eigenvalue weighted by Crippen LogP contribution is -1.94. The van der Waals surface area contributed by atoms with E-state index >= 15 is 0 Å². The zero-order chi connectivity index (χ0) is 20.3. The highest BCUT2D eigenvalue weighted by Crippen LogP contribution is 2.36. The number of hydrogen-bond donors (Lipinski definition) is 1. The summed E-state index contributed by atoms with van der Waals surface area (Å²) in [5, 5.41) is 20.5. The predicted molar refractivity (Wildman–Crippen MR) is 117 cm³/mol. The van der Waals surface area contributed by atoms with Gasteiger partial charge in [0.15, 0.2) is 5.76 Å².